The third kappa shape index (κ3) is 3.79. The number of H-pyrrole nitrogens is 1. The number of benzene rings is 1. The summed E-state index contributed by atoms with van der Waals surface area (Å²) in [6, 6.07) is 12.2. The van der Waals surface area contributed by atoms with Crippen molar-refractivity contribution in [1.29, 1.82) is 0 Å². The lowest BCUT2D eigenvalue weighted by molar-refractivity contribution is 0.0554. The first-order valence-corrected chi connectivity index (χ1v) is 11.4. The number of amides is 1. The van der Waals surface area contributed by atoms with E-state index in [-0.39, 0.29) is 17.6 Å². The van der Waals surface area contributed by atoms with Gasteiger partial charge in [-0.25, -0.2) is 9.78 Å². The van der Waals surface area contributed by atoms with E-state index in [0.717, 1.165) is 62.9 Å². The Hall–Kier alpha value is -3.13. The topological polar surface area (TPSA) is 83.5 Å². The van der Waals surface area contributed by atoms with Gasteiger partial charge in [-0.15, -0.1) is 0 Å². The van der Waals surface area contributed by atoms with Crippen LogP contribution in [0.25, 0.3) is 11.0 Å². The van der Waals surface area contributed by atoms with Crippen molar-refractivity contribution in [3.8, 4) is 5.88 Å². The number of ether oxygens (including phenoxy) is 1. The van der Waals surface area contributed by atoms with Crippen LogP contribution in [0.2, 0.25) is 0 Å². The number of piperidine rings is 2. The molecule has 0 spiro atoms. The average Bonchev–Trinajstić information content (AvgIpc) is 3.19. The lowest BCUT2D eigenvalue weighted by atomic mass is 9.97. The van der Waals surface area contributed by atoms with E-state index >= 15 is 0 Å². The van der Waals surface area contributed by atoms with Crippen molar-refractivity contribution >= 4 is 16.9 Å². The number of imidazole rings is 1. The predicted octanol–water partition coefficient (Wildman–Crippen LogP) is 2.67. The summed E-state index contributed by atoms with van der Waals surface area (Å²) >= 11 is 0. The van der Waals surface area contributed by atoms with Gasteiger partial charge < -0.3 is 19.5 Å². The van der Waals surface area contributed by atoms with Gasteiger partial charge in [-0.2, -0.15) is 0 Å². The smallest absolute Gasteiger partial charge is 0.326 e. The molecule has 32 heavy (non-hydrogen) atoms. The molecule has 8 heteroatoms. The van der Waals surface area contributed by atoms with Crippen LogP contribution in [0.4, 0.5) is 0 Å². The quantitative estimate of drug-likeness (QED) is 0.681. The van der Waals surface area contributed by atoms with E-state index in [1.165, 1.54) is 0 Å². The Morgan fingerprint density at radius 2 is 1.72 bits per heavy atom. The molecule has 0 unspecified atom stereocenters. The Morgan fingerprint density at radius 1 is 1.00 bits per heavy atom. The maximum absolute atomic E-state index is 12.9. The fourth-order valence-corrected chi connectivity index (χ4v) is 5.27. The van der Waals surface area contributed by atoms with Gasteiger partial charge in [0.2, 0.25) is 5.88 Å². The molecule has 5 rings (SSSR count). The fraction of sp³-hybridized carbons (Fsp3) is 0.458. The van der Waals surface area contributed by atoms with Gasteiger partial charge in [0.15, 0.2) is 0 Å². The predicted molar refractivity (Wildman–Crippen MR) is 122 cm³/mol. The number of fused-ring (bicyclic) bond motifs is 1. The van der Waals surface area contributed by atoms with Crippen LogP contribution < -0.4 is 10.4 Å². The Labute approximate surface area is 186 Å². The molecule has 8 nitrogen and oxygen atoms in total. The van der Waals surface area contributed by atoms with Gasteiger partial charge in [0.1, 0.15) is 5.56 Å². The molecule has 0 saturated carbocycles. The molecule has 1 aromatic carbocycles. The van der Waals surface area contributed by atoms with Crippen LogP contribution in [0, 0.1) is 0 Å². The molecule has 1 amide bonds. The highest BCUT2D eigenvalue weighted by Crippen LogP contribution is 2.29. The Kier molecular flexibility index (Phi) is 5.70. The molecule has 2 aliphatic rings. The number of hydrogen-bond acceptors (Lipinski definition) is 5. The van der Waals surface area contributed by atoms with Gasteiger partial charge in [0.25, 0.3) is 5.91 Å². The number of likely N-dealkylation sites (tertiary alicyclic amines) is 2. The molecule has 0 atom stereocenters. The molecular weight excluding hydrogens is 406 g/mol. The van der Waals surface area contributed by atoms with Crippen LogP contribution in [0.15, 0.2) is 47.4 Å². The van der Waals surface area contributed by atoms with Crippen molar-refractivity contribution in [3.63, 3.8) is 0 Å². The number of para-hydroxylation sites is 2. The van der Waals surface area contributed by atoms with E-state index in [2.05, 4.69) is 14.9 Å². The third-order valence-corrected chi connectivity index (χ3v) is 6.95. The minimum absolute atomic E-state index is 0.00850. The van der Waals surface area contributed by atoms with Gasteiger partial charge in [-0.05, 0) is 49.9 Å². The van der Waals surface area contributed by atoms with E-state index < -0.39 is 0 Å². The lowest BCUT2D eigenvalue weighted by Gasteiger charge is -2.42. The average molecular weight is 436 g/mol. The summed E-state index contributed by atoms with van der Waals surface area (Å²) < 4.78 is 7.20. The van der Waals surface area contributed by atoms with Crippen molar-refractivity contribution in [2.45, 2.75) is 37.8 Å². The molecule has 2 fully saturated rings. The minimum Gasteiger partial charge on any atom is -0.480 e. The van der Waals surface area contributed by atoms with Gasteiger partial charge >= 0.3 is 5.69 Å². The maximum atomic E-state index is 12.9. The summed E-state index contributed by atoms with van der Waals surface area (Å²) in [5.74, 6) is 0.375. The minimum atomic E-state index is -0.0118. The van der Waals surface area contributed by atoms with Gasteiger partial charge in [0.05, 0.1) is 18.1 Å². The molecule has 0 radical (unpaired) electrons. The van der Waals surface area contributed by atoms with Crippen molar-refractivity contribution in [2.24, 2.45) is 0 Å². The number of hydrogen-bond donors (Lipinski definition) is 1. The zero-order chi connectivity index (χ0) is 22.1. The number of pyridine rings is 1. The van der Waals surface area contributed by atoms with Crippen LogP contribution in [0.3, 0.4) is 0 Å². The first-order chi connectivity index (χ1) is 15.7. The molecule has 2 saturated heterocycles. The monoisotopic (exact) mass is 435 g/mol. The van der Waals surface area contributed by atoms with Gasteiger partial charge in [0, 0.05) is 44.5 Å². The molecule has 0 bridgehead atoms. The Bertz CT molecular complexity index is 1150. The zero-order valence-electron chi connectivity index (χ0n) is 18.4. The van der Waals surface area contributed by atoms with E-state index in [1.807, 2.05) is 33.7 Å². The summed E-state index contributed by atoms with van der Waals surface area (Å²) in [4.78, 5) is 37.0. The Balaban J connectivity index is 1.19. The summed E-state index contributed by atoms with van der Waals surface area (Å²) in [7, 11) is 1.54. The van der Waals surface area contributed by atoms with E-state index in [1.54, 1.807) is 25.4 Å². The number of rotatable bonds is 4. The Morgan fingerprint density at radius 3 is 2.47 bits per heavy atom. The van der Waals surface area contributed by atoms with Crippen molar-refractivity contribution in [3.05, 3.63) is 58.6 Å². The molecule has 2 aromatic heterocycles. The van der Waals surface area contributed by atoms with Crippen LogP contribution in [0.1, 0.15) is 42.1 Å². The second-order valence-corrected chi connectivity index (χ2v) is 8.67. The molecule has 1 N–H and O–H groups in total. The highest BCUT2D eigenvalue weighted by Gasteiger charge is 2.31. The first-order valence-electron chi connectivity index (χ1n) is 11.4. The third-order valence-electron chi connectivity index (χ3n) is 6.95. The first kappa shape index (κ1) is 20.8. The van der Waals surface area contributed by atoms with Crippen molar-refractivity contribution in [2.75, 3.05) is 33.3 Å². The SMILES string of the molecule is COc1ncccc1C(=O)N1CCC(N2CCC(n3c(=O)[nH]c4ccccc43)CC2)CC1. The number of carbonyl (C=O) groups excluding carboxylic acids is 1. The second kappa shape index (κ2) is 8.78. The standard InChI is InChI=1S/C24H29N5O3/c1-32-22-19(5-4-12-25-22)23(30)28-15-8-17(9-16-28)27-13-10-18(11-14-27)29-21-7-3-2-6-20(21)26-24(29)31/h2-7,12,17-18H,8-11,13-16H2,1H3,(H,26,31). The number of nitrogens with zero attached hydrogens (tertiary/aromatic N) is 4. The number of methoxy groups -OCH3 is 1. The van der Waals surface area contributed by atoms with Crippen LogP contribution in [-0.2, 0) is 0 Å². The number of carbonyl (C=O) groups is 1. The molecule has 4 heterocycles. The lowest BCUT2D eigenvalue weighted by Crippen LogP contribution is -2.49. The maximum Gasteiger partial charge on any atom is 0.326 e. The summed E-state index contributed by atoms with van der Waals surface area (Å²) in [6.45, 7) is 3.43. The number of nitrogens with one attached hydrogen (secondary N) is 1. The highest BCUT2D eigenvalue weighted by molar-refractivity contribution is 5.96. The summed E-state index contributed by atoms with van der Waals surface area (Å²) in [6.07, 6.45) is 5.50. The van der Waals surface area contributed by atoms with Crippen LogP contribution >= 0.6 is 0 Å². The molecule has 168 valence electrons. The molecule has 0 aliphatic carbocycles. The zero-order valence-corrected chi connectivity index (χ0v) is 18.4. The molecule has 2 aliphatic heterocycles. The number of aromatic nitrogens is 3. The van der Waals surface area contributed by atoms with Crippen LogP contribution in [0.5, 0.6) is 5.88 Å². The van der Waals surface area contributed by atoms with E-state index in [9.17, 15) is 9.59 Å². The van der Waals surface area contributed by atoms with Crippen molar-refractivity contribution < 1.29 is 9.53 Å². The normalized spacial score (nSPS) is 18.8. The largest absolute Gasteiger partial charge is 0.480 e. The van der Waals surface area contributed by atoms with E-state index in [4.69, 9.17) is 4.74 Å². The molecule has 3 aromatic rings. The molecular formula is C24H29N5O3. The summed E-state index contributed by atoms with van der Waals surface area (Å²) in [5.41, 5.74) is 2.41. The number of aromatic amines is 1. The van der Waals surface area contributed by atoms with E-state index in [0.29, 0.717) is 17.5 Å². The van der Waals surface area contributed by atoms with Crippen LogP contribution in [-0.4, -0.2) is 69.6 Å². The highest BCUT2D eigenvalue weighted by atomic mass is 16.5. The van der Waals surface area contributed by atoms with Crippen molar-refractivity contribution in [1.82, 2.24) is 24.3 Å². The summed E-state index contributed by atoms with van der Waals surface area (Å²) in [5, 5.41) is 0. The van der Waals surface area contributed by atoms with Gasteiger partial charge in [-0.1, -0.05) is 12.1 Å². The second-order valence-electron chi connectivity index (χ2n) is 8.67. The fourth-order valence-electron chi connectivity index (χ4n) is 5.27. The van der Waals surface area contributed by atoms with Gasteiger partial charge in [-0.3, -0.25) is 9.36 Å².